The number of amides is 1. The maximum absolute atomic E-state index is 12.2. The summed E-state index contributed by atoms with van der Waals surface area (Å²) in [4.78, 5) is 16.3. The van der Waals surface area contributed by atoms with Crippen molar-refractivity contribution in [3.8, 4) is 11.5 Å². The molecule has 2 rings (SSSR count). The number of nitrogens with two attached hydrogens (primary N) is 1. The molecule has 1 heterocycles. The molecule has 0 aliphatic rings. The third kappa shape index (κ3) is 3.22. The second kappa shape index (κ2) is 6.13. The van der Waals surface area contributed by atoms with E-state index in [1.165, 1.54) is 14.2 Å². The van der Waals surface area contributed by atoms with Gasteiger partial charge in [0.05, 0.1) is 25.6 Å². The van der Waals surface area contributed by atoms with Gasteiger partial charge in [-0.25, -0.2) is 4.98 Å². The topological polar surface area (TPSA) is 86.5 Å². The van der Waals surface area contributed by atoms with Crippen molar-refractivity contribution in [1.82, 2.24) is 4.98 Å². The zero-order valence-corrected chi connectivity index (χ0v) is 12.1. The predicted octanol–water partition coefficient (Wildman–Crippen LogP) is 2.24. The van der Waals surface area contributed by atoms with Crippen molar-refractivity contribution in [3.05, 3.63) is 41.7 Å². The Morgan fingerprint density at radius 2 is 1.86 bits per heavy atom. The number of benzene rings is 1. The van der Waals surface area contributed by atoms with Crippen LogP contribution in [-0.2, 0) is 0 Å². The van der Waals surface area contributed by atoms with Crippen LogP contribution < -0.4 is 20.5 Å². The zero-order chi connectivity index (χ0) is 15.4. The van der Waals surface area contributed by atoms with E-state index in [1.54, 1.807) is 24.3 Å². The SMILES string of the molecule is COc1cc(N)c(NC(=O)c2cccc(C)n2)cc1OC. The number of rotatable bonds is 4. The lowest BCUT2D eigenvalue weighted by molar-refractivity contribution is 0.102. The van der Waals surface area contributed by atoms with Crippen LogP contribution in [0, 0.1) is 6.92 Å². The molecule has 0 unspecified atom stereocenters. The highest BCUT2D eigenvalue weighted by Crippen LogP contribution is 2.34. The number of carbonyl (C=O) groups excluding carboxylic acids is 1. The Balaban J connectivity index is 2.29. The van der Waals surface area contributed by atoms with E-state index in [-0.39, 0.29) is 5.91 Å². The molecule has 0 aliphatic heterocycles. The molecule has 0 spiro atoms. The van der Waals surface area contributed by atoms with Crippen LogP contribution in [0.5, 0.6) is 11.5 Å². The number of nitrogens with one attached hydrogen (secondary N) is 1. The number of methoxy groups -OCH3 is 2. The molecular formula is C15H17N3O3. The minimum Gasteiger partial charge on any atom is -0.493 e. The Labute approximate surface area is 122 Å². The Morgan fingerprint density at radius 3 is 2.48 bits per heavy atom. The van der Waals surface area contributed by atoms with E-state index in [2.05, 4.69) is 10.3 Å². The van der Waals surface area contributed by atoms with Crippen molar-refractivity contribution in [3.63, 3.8) is 0 Å². The predicted molar refractivity (Wildman–Crippen MR) is 80.9 cm³/mol. The van der Waals surface area contributed by atoms with Crippen LogP contribution in [0.25, 0.3) is 0 Å². The Kier molecular flexibility index (Phi) is 4.27. The summed E-state index contributed by atoms with van der Waals surface area (Å²) in [6.45, 7) is 1.82. The molecule has 1 amide bonds. The highest BCUT2D eigenvalue weighted by Gasteiger charge is 2.13. The van der Waals surface area contributed by atoms with Gasteiger partial charge in [-0.05, 0) is 19.1 Å². The van der Waals surface area contributed by atoms with Gasteiger partial charge in [0.15, 0.2) is 11.5 Å². The molecule has 0 bridgehead atoms. The van der Waals surface area contributed by atoms with Gasteiger partial charge in [-0.3, -0.25) is 4.79 Å². The Morgan fingerprint density at radius 1 is 1.19 bits per heavy atom. The van der Waals surface area contributed by atoms with Gasteiger partial charge in [0.25, 0.3) is 5.91 Å². The van der Waals surface area contributed by atoms with Crippen molar-refractivity contribution < 1.29 is 14.3 Å². The minimum atomic E-state index is -0.336. The van der Waals surface area contributed by atoms with Crippen LogP contribution in [0.2, 0.25) is 0 Å². The van der Waals surface area contributed by atoms with Crippen molar-refractivity contribution >= 4 is 17.3 Å². The van der Waals surface area contributed by atoms with E-state index >= 15 is 0 Å². The third-order valence-electron chi connectivity index (χ3n) is 2.92. The fourth-order valence-electron chi connectivity index (χ4n) is 1.86. The smallest absolute Gasteiger partial charge is 0.274 e. The second-order valence-electron chi connectivity index (χ2n) is 4.41. The number of hydrogen-bond acceptors (Lipinski definition) is 5. The van der Waals surface area contributed by atoms with E-state index in [9.17, 15) is 4.79 Å². The molecule has 1 aromatic heterocycles. The average molecular weight is 287 g/mol. The number of pyridine rings is 1. The van der Waals surface area contributed by atoms with Gasteiger partial charge in [-0.15, -0.1) is 0 Å². The first kappa shape index (κ1) is 14.6. The van der Waals surface area contributed by atoms with Gasteiger partial charge in [0.2, 0.25) is 0 Å². The summed E-state index contributed by atoms with van der Waals surface area (Å²) in [7, 11) is 3.04. The lowest BCUT2D eigenvalue weighted by Gasteiger charge is -2.13. The lowest BCUT2D eigenvalue weighted by atomic mass is 10.2. The summed E-state index contributed by atoms with van der Waals surface area (Å²) in [5, 5.41) is 2.72. The Hall–Kier alpha value is -2.76. The molecule has 0 radical (unpaired) electrons. The van der Waals surface area contributed by atoms with Gasteiger partial charge in [-0.1, -0.05) is 6.07 Å². The number of aromatic nitrogens is 1. The number of anilines is 2. The summed E-state index contributed by atoms with van der Waals surface area (Å²) in [5.74, 6) is 0.651. The number of nitrogen functional groups attached to an aromatic ring is 1. The maximum Gasteiger partial charge on any atom is 0.274 e. The molecule has 3 N–H and O–H groups in total. The zero-order valence-electron chi connectivity index (χ0n) is 12.1. The van der Waals surface area contributed by atoms with Gasteiger partial charge < -0.3 is 20.5 Å². The minimum absolute atomic E-state index is 0.323. The molecule has 0 atom stereocenters. The summed E-state index contributed by atoms with van der Waals surface area (Å²) >= 11 is 0. The van der Waals surface area contributed by atoms with Gasteiger partial charge >= 0.3 is 0 Å². The number of ether oxygens (including phenoxy) is 2. The fraction of sp³-hybridized carbons (Fsp3) is 0.200. The highest BCUT2D eigenvalue weighted by molar-refractivity contribution is 6.04. The van der Waals surface area contributed by atoms with E-state index in [0.29, 0.717) is 28.6 Å². The molecule has 0 aliphatic carbocycles. The Bertz CT molecular complexity index is 671. The van der Waals surface area contributed by atoms with Crippen LogP contribution in [0.15, 0.2) is 30.3 Å². The van der Waals surface area contributed by atoms with Crippen LogP contribution in [0.3, 0.4) is 0 Å². The quantitative estimate of drug-likeness (QED) is 0.842. The van der Waals surface area contributed by atoms with Crippen LogP contribution in [-0.4, -0.2) is 25.1 Å². The standard InChI is InChI=1S/C15H17N3O3/c1-9-5-4-6-11(17-9)15(19)18-12-8-14(21-3)13(20-2)7-10(12)16/h4-8H,16H2,1-3H3,(H,18,19). The summed E-state index contributed by atoms with van der Waals surface area (Å²) in [6.07, 6.45) is 0. The average Bonchev–Trinajstić information content (AvgIpc) is 2.48. The highest BCUT2D eigenvalue weighted by atomic mass is 16.5. The molecular weight excluding hydrogens is 270 g/mol. The molecule has 2 aromatic rings. The molecule has 0 saturated heterocycles. The van der Waals surface area contributed by atoms with Crippen LogP contribution in [0.1, 0.15) is 16.2 Å². The molecule has 110 valence electrons. The summed E-state index contributed by atoms with van der Waals surface area (Å²) in [6, 6.07) is 8.44. The van der Waals surface area contributed by atoms with Crippen molar-refractivity contribution in [2.24, 2.45) is 0 Å². The number of hydrogen-bond donors (Lipinski definition) is 2. The first-order valence-corrected chi connectivity index (χ1v) is 6.31. The monoisotopic (exact) mass is 287 g/mol. The van der Waals surface area contributed by atoms with Crippen LogP contribution >= 0.6 is 0 Å². The maximum atomic E-state index is 12.2. The van der Waals surface area contributed by atoms with Crippen molar-refractivity contribution in [1.29, 1.82) is 0 Å². The number of nitrogens with zero attached hydrogens (tertiary/aromatic N) is 1. The lowest BCUT2D eigenvalue weighted by Crippen LogP contribution is -2.15. The van der Waals surface area contributed by atoms with E-state index in [0.717, 1.165) is 5.69 Å². The van der Waals surface area contributed by atoms with Gasteiger partial charge in [0.1, 0.15) is 5.69 Å². The second-order valence-corrected chi connectivity index (χ2v) is 4.41. The number of aryl methyl sites for hydroxylation is 1. The largest absolute Gasteiger partial charge is 0.493 e. The van der Waals surface area contributed by atoms with E-state index in [1.807, 2.05) is 13.0 Å². The summed E-state index contributed by atoms with van der Waals surface area (Å²) < 4.78 is 10.3. The summed E-state index contributed by atoms with van der Waals surface area (Å²) in [5.41, 5.74) is 7.82. The molecule has 0 fully saturated rings. The third-order valence-corrected chi connectivity index (χ3v) is 2.92. The fourth-order valence-corrected chi connectivity index (χ4v) is 1.86. The molecule has 21 heavy (non-hydrogen) atoms. The van der Waals surface area contributed by atoms with Crippen LogP contribution in [0.4, 0.5) is 11.4 Å². The van der Waals surface area contributed by atoms with Crippen molar-refractivity contribution in [2.75, 3.05) is 25.3 Å². The first-order valence-electron chi connectivity index (χ1n) is 6.31. The normalized spacial score (nSPS) is 10.0. The first-order chi connectivity index (χ1) is 10.0. The van der Waals surface area contributed by atoms with Crippen molar-refractivity contribution in [2.45, 2.75) is 6.92 Å². The van der Waals surface area contributed by atoms with Gasteiger partial charge in [0, 0.05) is 17.8 Å². The number of carbonyl (C=O) groups is 1. The molecule has 6 heteroatoms. The van der Waals surface area contributed by atoms with E-state index < -0.39 is 0 Å². The van der Waals surface area contributed by atoms with Gasteiger partial charge in [-0.2, -0.15) is 0 Å². The van der Waals surface area contributed by atoms with E-state index in [4.69, 9.17) is 15.2 Å². The molecule has 1 aromatic carbocycles. The molecule has 0 saturated carbocycles. The molecule has 6 nitrogen and oxygen atoms in total.